The van der Waals surface area contributed by atoms with Crippen LogP contribution in [0.5, 0.6) is 0 Å². The molecule has 0 atom stereocenters. The first-order chi connectivity index (χ1) is 10.6. The maximum absolute atomic E-state index is 6.19. The van der Waals surface area contributed by atoms with Gasteiger partial charge in [-0.3, -0.25) is 0 Å². The normalized spacial score (nSPS) is 11.4. The Morgan fingerprint density at radius 1 is 0.864 bits per heavy atom. The van der Waals surface area contributed by atoms with Crippen molar-refractivity contribution in [1.29, 1.82) is 0 Å². The van der Waals surface area contributed by atoms with Crippen molar-refractivity contribution in [2.24, 2.45) is 7.05 Å². The molecular weight excluding hydrogens is 270 g/mol. The van der Waals surface area contributed by atoms with Crippen molar-refractivity contribution in [3.05, 3.63) is 65.9 Å². The Morgan fingerprint density at radius 3 is 2.50 bits per heavy atom. The molecule has 0 aliphatic carbocycles. The van der Waals surface area contributed by atoms with Crippen molar-refractivity contribution >= 4 is 21.9 Å². The van der Waals surface area contributed by atoms with Crippen LogP contribution in [0.3, 0.4) is 0 Å². The molecule has 108 valence electrons. The zero-order valence-corrected chi connectivity index (χ0v) is 13.1. The Hall–Kier alpha value is -2.61. The van der Waals surface area contributed by atoms with E-state index in [2.05, 4.69) is 68.1 Å². The summed E-state index contributed by atoms with van der Waals surface area (Å²) >= 11 is 0. The molecule has 0 aliphatic heterocycles. The van der Waals surface area contributed by atoms with Crippen molar-refractivity contribution in [1.82, 2.24) is 0 Å². The second kappa shape index (κ2) is 4.70. The summed E-state index contributed by atoms with van der Waals surface area (Å²) < 4.78 is 8.36. The minimum Gasteiger partial charge on any atom is -0.455 e. The van der Waals surface area contributed by atoms with E-state index >= 15 is 0 Å². The molecule has 22 heavy (non-hydrogen) atoms. The summed E-state index contributed by atoms with van der Waals surface area (Å²) in [6.07, 6.45) is 2.15. The molecule has 2 heterocycles. The molecule has 2 nitrogen and oxygen atoms in total. The number of aromatic nitrogens is 1. The van der Waals surface area contributed by atoms with Crippen LogP contribution in [-0.4, -0.2) is 0 Å². The smallest absolute Gasteiger partial charge is 0.216 e. The number of pyridine rings is 1. The van der Waals surface area contributed by atoms with E-state index in [0.717, 1.165) is 11.2 Å². The highest BCUT2D eigenvalue weighted by molar-refractivity contribution is 6.09. The fraction of sp³-hybridized carbons (Fsp3) is 0.150. The Balaban J connectivity index is 2.14. The molecule has 0 spiro atoms. The number of furan rings is 1. The second-order valence-electron chi connectivity index (χ2n) is 5.93. The van der Waals surface area contributed by atoms with E-state index in [1.54, 1.807) is 0 Å². The van der Waals surface area contributed by atoms with E-state index in [1.807, 2.05) is 12.1 Å². The Kier molecular flexibility index (Phi) is 2.80. The largest absolute Gasteiger partial charge is 0.455 e. The van der Waals surface area contributed by atoms with Crippen LogP contribution in [0.15, 0.2) is 59.1 Å². The zero-order chi connectivity index (χ0) is 15.3. The highest BCUT2D eigenvalue weighted by Crippen LogP contribution is 2.36. The highest BCUT2D eigenvalue weighted by Gasteiger charge is 2.20. The van der Waals surface area contributed by atoms with Crippen molar-refractivity contribution in [3.8, 4) is 11.3 Å². The molecular formula is C20H18NO+. The first-order valence-corrected chi connectivity index (χ1v) is 7.52. The van der Waals surface area contributed by atoms with Crippen LogP contribution < -0.4 is 4.57 Å². The average Bonchev–Trinajstić information content (AvgIpc) is 2.87. The maximum Gasteiger partial charge on any atom is 0.216 e. The predicted molar refractivity (Wildman–Crippen MR) is 89.8 cm³/mol. The predicted octanol–water partition coefficient (Wildman–Crippen LogP) is 4.69. The minimum atomic E-state index is 0.944. The summed E-state index contributed by atoms with van der Waals surface area (Å²) in [4.78, 5) is 0. The molecule has 0 amide bonds. The average molecular weight is 288 g/mol. The van der Waals surface area contributed by atoms with Crippen LogP contribution >= 0.6 is 0 Å². The number of hydrogen-bond acceptors (Lipinski definition) is 1. The molecule has 0 radical (unpaired) electrons. The molecule has 4 aromatic rings. The van der Waals surface area contributed by atoms with Gasteiger partial charge in [-0.15, -0.1) is 0 Å². The summed E-state index contributed by atoms with van der Waals surface area (Å²) in [6, 6.07) is 16.9. The molecule has 0 saturated heterocycles. The van der Waals surface area contributed by atoms with Crippen LogP contribution in [0, 0.1) is 13.8 Å². The summed E-state index contributed by atoms with van der Waals surface area (Å²) in [7, 11) is 2.09. The topological polar surface area (TPSA) is 17.0 Å². The Morgan fingerprint density at radius 2 is 1.68 bits per heavy atom. The first-order valence-electron chi connectivity index (χ1n) is 7.52. The third kappa shape index (κ3) is 1.84. The number of para-hydroxylation sites is 1. The van der Waals surface area contributed by atoms with Gasteiger partial charge >= 0.3 is 0 Å². The standard InChI is InChI=1S/C20H18NO/c1-13-8-11-17(21(3)12-13)19-14(2)9-10-16-15-6-4-5-7-18(15)22-20(16)19/h4-12H,1-3H3/q+1. The van der Waals surface area contributed by atoms with E-state index in [4.69, 9.17) is 4.42 Å². The fourth-order valence-electron chi connectivity index (χ4n) is 3.21. The van der Waals surface area contributed by atoms with E-state index < -0.39 is 0 Å². The molecule has 0 aliphatic rings. The lowest BCUT2D eigenvalue weighted by Gasteiger charge is -2.05. The van der Waals surface area contributed by atoms with Gasteiger partial charge in [0.05, 0.1) is 5.56 Å². The molecule has 2 aromatic carbocycles. The van der Waals surface area contributed by atoms with Gasteiger partial charge < -0.3 is 4.42 Å². The number of nitrogens with zero attached hydrogens (tertiary/aromatic N) is 1. The monoisotopic (exact) mass is 288 g/mol. The van der Waals surface area contributed by atoms with Gasteiger partial charge in [-0.05, 0) is 31.5 Å². The number of benzene rings is 2. The minimum absolute atomic E-state index is 0.944. The maximum atomic E-state index is 6.19. The summed E-state index contributed by atoms with van der Waals surface area (Å²) in [6.45, 7) is 4.25. The molecule has 0 saturated carbocycles. The van der Waals surface area contributed by atoms with Crippen molar-refractivity contribution in [2.45, 2.75) is 13.8 Å². The van der Waals surface area contributed by atoms with Gasteiger partial charge in [0, 0.05) is 22.4 Å². The molecule has 2 heteroatoms. The number of rotatable bonds is 1. The third-order valence-electron chi connectivity index (χ3n) is 4.29. The molecule has 4 rings (SSSR count). The molecule has 2 aromatic heterocycles. The lowest BCUT2D eigenvalue weighted by Crippen LogP contribution is -2.31. The van der Waals surface area contributed by atoms with Gasteiger partial charge in [0.25, 0.3) is 0 Å². The molecule has 0 bridgehead atoms. The van der Waals surface area contributed by atoms with E-state index in [0.29, 0.717) is 0 Å². The van der Waals surface area contributed by atoms with Crippen LogP contribution in [0.2, 0.25) is 0 Å². The van der Waals surface area contributed by atoms with E-state index in [-0.39, 0.29) is 0 Å². The van der Waals surface area contributed by atoms with Gasteiger partial charge in [0.15, 0.2) is 6.20 Å². The second-order valence-corrected chi connectivity index (χ2v) is 5.93. The van der Waals surface area contributed by atoms with E-state index in [9.17, 15) is 0 Å². The van der Waals surface area contributed by atoms with Crippen molar-refractivity contribution < 1.29 is 8.98 Å². The first kappa shape index (κ1) is 13.1. The van der Waals surface area contributed by atoms with Crippen LogP contribution in [0.25, 0.3) is 33.2 Å². The van der Waals surface area contributed by atoms with Gasteiger partial charge in [-0.2, -0.15) is 0 Å². The zero-order valence-electron chi connectivity index (χ0n) is 13.1. The fourth-order valence-corrected chi connectivity index (χ4v) is 3.21. The van der Waals surface area contributed by atoms with E-state index in [1.165, 1.54) is 33.2 Å². The quantitative estimate of drug-likeness (QED) is 0.464. The van der Waals surface area contributed by atoms with Crippen LogP contribution in [-0.2, 0) is 7.05 Å². The van der Waals surface area contributed by atoms with Crippen LogP contribution in [0.1, 0.15) is 11.1 Å². The lowest BCUT2D eigenvalue weighted by molar-refractivity contribution is -0.660. The number of fused-ring (bicyclic) bond motifs is 3. The summed E-state index contributed by atoms with van der Waals surface area (Å²) in [5.41, 5.74) is 6.75. The van der Waals surface area contributed by atoms with Gasteiger partial charge in [-0.1, -0.05) is 30.3 Å². The van der Waals surface area contributed by atoms with Gasteiger partial charge in [0.1, 0.15) is 18.2 Å². The van der Waals surface area contributed by atoms with Crippen molar-refractivity contribution in [3.63, 3.8) is 0 Å². The number of aryl methyl sites for hydroxylation is 3. The van der Waals surface area contributed by atoms with Gasteiger partial charge in [0.2, 0.25) is 5.69 Å². The Labute approximate surface area is 129 Å². The third-order valence-corrected chi connectivity index (χ3v) is 4.29. The molecule has 0 unspecified atom stereocenters. The molecule has 0 N–H and O–H groups in total. The lowest BCUT2D eigenvalue weighted by atomic mass is 10.0. The summed E-state index contributed by atoms with van der Waals surface area (Å²) in [5.74, 6) is 0. The van der Waals surface area contributed by atoms with Crippen molar-refractivity contribution in [2.75, 3.05) is 0 Å². The highest BCUT2D eigenvalue weighted by atomic mass is 16.3. The Bertz CT molecular complexity index is 1010. The summed E-state index contributed by atoms with van der Waals surface area (Å²) in [5, 5.41) is 2.35. The SMILES string of the molecule is Cc1ccc(-c2c(C)ccc3c2oc2ccccc23)[n+](C)c1. The molecule has 0 fully saturated rings. The van der Waals surface area contributed by atoms with Crippen LogP contribution in [0.4, 0.5) is 0 Å². The van der Waals surface area contributed by atoms with Gasteiger partial charge in [-0.25, -0.2) is 4.57 Å². The number of hydrogen-bond donors (Lipinski definition) is 0.